The van der Waals surface area contributed by atoms with E-state index >= 15 is 0 Å². The number of hydrogen-bond acceptors (Lipinski definition) is 5. The Bertz CT molecular complexity index is 581. The maximum atomic E-state index is 11.2. The minimum Gasteiger partial charge on any atom is -0.478 e. The molecule has 4 N–H and O–H groups in total. The number of carbonyl (C=O) groups is 2. The maximum Gasteiger partial charge on any atom is 0.341 e. The van der Waals surface area contributed by atoms with Crippen LogP contribution in [-0.4, -0.2) is 40.4 Å². The number of nitrogens with zero attached hydrogens (tertiary/aromatic N) is 3. The van der Waals surface area contributed by atoms with Crippen molar-refractivity contribution < 1.29 is 24.9 Å². The number of aliphatic hydroxyl groups excluding tert-OH is 2. The molecule has 0 spiro atoms. The summed E-state index contributed by atoms with van der Waals surface area (Å²) in [6.07, 6.45) is 0. The van der Waals surface area contributed by atoms with E-state index in [4.69, 9.17) is 20.9 Å². The van der Waals surface area contributed by atoms with Crippen molar-refractivity contribution in [3.05, 3.63) is 65.1 Å². The quantitative estimate of drug-likeness (QED) is 0.211. The van der Waals surface area contributed by atoms with Gasteiger partial charge >= 0.3 is 11.9 Å². The normalized spacial score (nSPS) is 8.12. The first-order valence-electron chi connectivity index (χ1n) is 6.51. The van der Waals surface area contributed by atoms with E-state index in [1.54, 1.807) is 24.3 Å². The fraction of sp³-hybridized carbons (Fsp3) is 0.200. The predicted molar refractivity (Wildman–Crippen MR) is 89.4 cm³/mol. The summed E-state index contributed by atoms with van der Waals surface area (Å²) in [6, 6.07) is 8.92. The summed E-state index contributed by atoms with van der Waals surface area (Å²) < 4.78 is 0. The average molecular weight is 336 g/mol. The third kappa shape index (κ3) is 12.6. The minimum absolute atomic E-state index is 0.125. The van der Waals surface area contributed by atoms with Gasteiger partial charge in [-0.1, -0.05) is 43.5 Å². The van der Waals surface area contributed by atoms with Crippen molar-refractivity contribution in [2.24, 2.45) is 5.22 Å². The zero-order valence-corrected chi connectivity index (χ0v) is 13.2. The molecule has 0 unspecified atom stereocenters. The van der Waals surface area contributed by atoms with Crippen molar-refractivity contribution in [2.45, 2.75) is 6.92 Å². The van der Waals surface area contributed by atoms with Gasteiger partial charge in [-0.25, -0.2) is 9.59 Å². The lowest BCUT2D eigenvalue weighted by Gasteiger charge is -1.99. The molecule has 0 aliphatic rings. The van der Waals surface area contributed by atoms with Crippen LogP contribution in [0.15, 0.2) is 54.3 Å². The summed E-state index contributed by atoms with van der Waals surface area (Å²) >= 11 is 0. The summed E-state index contributed by atoms with van der Waals surface area (Å²) in [4.78, 5) is 23.2. The molecular formula is C15H20N4O5. The van der Waals surface area contributed by atoms with Gasteiger partial charge in [-0.15, -0.1) is 5.53 Å². The molecule has 0 radical (unpaired) electrons. The van der Waals surface area contributed by atoms with Gasteiger partial charge in [0, 0.05) is 5.57 Å². The van der Waals surface area contributed by atoms with Gasteiger partial charge in [0.1, 0.15) is 0 Å². The Hall–Kier alpha value is -3.13. The molecule has 9 nitrogen and oxygen atoms in total. The number of carbonyl (C=O) groups excluding carboxylic acids is 1. The first-order valence-corrected chi connectivity index (χ1v) is 6.51. The molecule has 0 aliphatic heterocycles. The third-order valence-electron chi connectivity index (χ3n) is 2.06. The van der Waals surface area contributed by atoms with E-state index in [-0.39, 0.29) is 24.4 Å². The van der Waals surface area contributed by atoms with Crippen LogP contribution in [0.2, 0.25) is 0 Å². The van der Waals surface area contributed by atoms with Crippen LogP contribution in [0.25, 0.3) is 16.0 Å². The molecule has 1 amide bonds. The first-order chi connectivity index (χ1) is 11.3. The molecule has 0 bridgehead atoms. The molecule has 0 saturated heterocycles. The van der Waals surface area contributed by atoms with Crippen LogP contribution in [0.3, 0.4) is 0 Å². The number of rotatable bonds is 5. The van der Waals surface area contributed by atoms with Crippen molar-refractivity contribution in [3.63, 3.8) is 0 Å². The summed E-state index contributed by atoms with van der Waals surface area (Å²) in [7, 11) is 0. The Kier molecular flexibility index (Phi) is 14.3. The number of aliphatic carboxylic acids is 1. The smallest absolute Gasteiger partial charge is 0.341 e. The second kappa shape index (κ2) is 14.8. The van der Waals surface area contributed by atoms with E-state index in [1.807, 2.05) is 11.5 Å². The number of aliphatic hydroxyl groups is 2. The zero-order chi connectivity index (χ0) is 19.0. The number of amides is 1. The molecule has 130 valence electrons. The first kappa shape index (κ1) is 23.1. The number of carboxylic acids is 1. The van der Waals surface area contributed by atoms with Gasteiger partial charge in [-0.2, -0.15) is 10.3 Å². The highest BCUT2D eigenvalue weighted by Crippen LogP contribution is 2.10. The van der Waals surface area contributed by atoms with Gasteiger partial charge in [-0.3, -0.25) is 0 Å². The molecular weight excluding hydrogens is 316 g/mol. The molecule has 0 aliphatic carbocycles. The third-order valence-corrected chi connectivity index (χ3v) is 2.06. The molecule has 1 aromatic carbocycles. The van der Waals surface area contributed by atoms with Crippen LogP contribution >= 0.6 is 0 Å². The second-order valence-electron chi connectivity index (χ2n) is 4.01. The van der Waals surface area contributed by atoms with E-state index in [0.29, 0.717) is 5.56 Å². The van der Waals surface area contributed by atoms with Gasteiger partial charge in [-0.05, 0) is 17.7 Å². The second-order valence-corrected chi connectivity index (χ2v) is 4.01. The summed E-state index contributed by atoms with van der Waals surface area (Å²) in [5, 5.41) is 26.1. The molecule has 0 aromatic heterocycles. The standard InChI is InChI=1S/C9H8N4O.C4H6O2.C2H6O2/c1-7(9(14)11-13-12-10)8-5-3-2-4-6-8;1-3(2)4(5)6;3-1-2-4/h2-6H,1H2,(H,11,14);1H2,2H3,(H,5,6);3-4H,1-2H2. The van der Waals surface area contributed by atoms with Crippen molar-refractivity contribution in [3.8, 4) is 0 Å². The number of azide groups is 1. The summed E-state index contributed by atoms with van der Waals surface area (Å²) in [6.45, 7) is 7.93. The highest BCUT2D eigenvalue weighted by molar-refractivity contribution is 6.18. The number of hydrogen-bond donors (Lipinski definition) is 4. The molecule has 9 heteroatoms. The van der Waals surface area contributed by atoms with E-state index in [2.05, 4.69) is 23.3 Å². The number of nitrogens with one attached hydrogen (secondary N) is 1. The van der Waals surface area contributed by atoms with Crippen LogP contribution in [0, 0.1) is 0 Å². The highest BCUT2D eigenvalue weighted by atomic mass is 16.4. The Balaban J connectivity index is 0. The van der Waals surface area contributed by atoms with Crippen LogP contribution in [0.1, 0.15) is 12.5 Å². The molecule has 0 fully saturated rings. The summed E-state index contributed by atoms with van der Waals surface area (Å²) in [5.74, 6) is -1.44. The molecule has 1 aromatic rings. The minimum atomic E-state index is -0.935. The lowest BCUT2D eigenvalue weighted by Crippen LogP contribution is -2.17. The van der Waals surface area contributed by atoms with Crippen LogP contribution < -0.4 is 5.43 Å². The molecule has 0 atom stereocenters. The van der Waals surface area contributed by atoms with Gasteiger partial charge in [0.25, 0.3) is 0 Å². The number of benzene rings is 1. The number of carboxylic acid groups (broad SMARTS) is 1. The fourth-order valence-electron chi connectivity index (χ4n) is 0.906. The van der Waals surface area contributed by atoms with Gasteiger partial charge in [0.2, 0.25) is 0 Å². The van der Waals surface area contributed by atoms with E-state index in [1.165, 1.54) is 6.92 Å². The summed E-state index contributed by atoms with van der Waals surface area (Å²) in [5.41, 5.74) is 11.1. The Morgan fingerprint density at radius 1 is 1.21 bits per heavy atom. The van der Waals surface area contributed by atoms with Crippen LogP contribution in [0.5, 0.6) is 0 Å². The van der Waals surface area contributed by atoms with Gasteiger partial charge in [0.15, 0.2) is 0 Å². The van der Waals surface area contributed by atoms with Crippen LogP contribution in [0.4, 0.5) is 0 Å². The lowest BCUT2D eigenvalue weighted by atomic mass is 10.1. The van der Waals surface area contributed by atoms with E-state index < -0.39 is 11.9 Å². The largest absolute Gasteiger partial charge is 0.478 e. The molecule has 1 rings (SSSR count). The molecule has 0 heterocycles. The zero-order valence-electron chi connectivity index (χ0n) is 13.2. The monoisotopic (exact) mass is 336 g/mol. The Morgan fingerprint density at radius 3 is 2.00 bits per heavy atom. The maximum absolute atomic E-state index is 11.2. The van der Waals surface area contributed by atoms with Gasteiger partial charge < -0.3 is 15.3 Å². The van der Waals surface area contributed by atoms with Crippen molar-refractivity contribution in [1.82, 2.24) is 5.43 Å². The Morgan fingerprint density at radius 2 is 1.67 bits per heavy atom. The Labute approximate surface area is 139 Å². The average Bonchev–Trinajstić information content (AvgIpc) is 2.60. The van der Waals surface area contributed by atoms with E-state index in [9.17, 15) is 9.59 Å². The fourth-order valence-corrected chi connectivity index (χ4v) is 0.906. The van der Waals surface area contributed by atoms with Crippen molar-refractivity contribution in [1.29, 1.82) is 0 Å². The molecule has 24 heavy (non-hydrogen) atoms. The lowest BCUT2D eigenvalue weighted by molar-refractivity contribution is -0.132. The topological polar surface area (TPSA) is 156 Å². The van der Waals surface area contributed by atoms with E-state index in [0.717, 1.165) is 0 Å². The van der Waals surface area contributed by atoms with Crippen molar-refractivity contribution in [2.75, 3.05) is 13.2 Å². The predicted octanol–water partition coefficient (Wildman–Crippen LogP) is 1.66. The van der Waals surface area contributed by atoms with Crippen molar-refractivity contribution >= 4 is 17.4 Å². The van der Waals surface area contributed by atoms with Gasteiger partial charge in [0.05, 0.1) is 18.8 Å². The van der Waals surface area contributed by atoms with Crippen LogP contribution in [-0.2, 0) is 9.59 Å². The molecule has 0 saturated carbocycles. The SMILES string of the molecule is C=C(C(=O)NN=[N+]=[N-])c1ccccc1.C=C(C)C(=O)O.OCCO. The highest BCUT2D eigenvalue weighted by Gasteiger charge is 2.10.